The molecule has 4 bridgehead atoms. The maximum Gasteiger partial charge on any atom is 0.126 e. The third kappa shape index (κ3) is 5.13. The van der Waals surface area contributed by atoms with Crippen molar-refractivity contribution in [3.8, 4) is 0 Å². The van der Waals surface area contributed by atoms with Crippen LogP contribution in [-0.2, 0) is 9.47 Å². The van der Waals surface area contributed by atoms with Crippen LogP contribution >= 0.6 is 0 Å². The predicted octanol–water partition coefficient (Wildman–Crippen LogP) is -0.0162. The Morgan fingerprint density at radius 3 is 2.12 bits per heavy atom. The van der Waals surface area contributed by atoms with Gasteiger partial charge in [-0.1, -0.05) is 0 Å². The number of aliphatic hydroxyl groups is 1. The van der Waals surface area contributed by atoms with E-state index in [1.54, 1.807) is 0 Å². The number of nitrogens with zero attached hydrogens (tertiary/aromatic N) is 1. The van der Waals surface area contributed by atoms with E-state index < -0.39 is 0 Å². The van der Waals surface area contributed by atoms with E-state index in [9.17, 15) is 5.11 Å². The van der Waals surface area contributed by atoms with Crippen molar-refractivity contribution in [2.45, 2.75) is 69.5 Å². The van der Waals surface area contributed by atoms with Crippen molar-refractivity contribution in [3.63, 3.8) is 0 Å². The molecule has 0 amide bonds. The summed E-state index contributed by atoms with van der Waals surface area (Å²) in [6.45, 7) is 5.01. The number of halogens is 1. The van der Waals surface area contributed by atoms with Gasteiger partial charge in [0.2, 0.25) is 0 Å². The summed E-state index contributed by atoms with van der Waals surface area (Å²) in [5.41, 5.74) is 0.184. The molecule has 1 aliphatic heterocycles. The molecule has 0 aromatic carbocycles. The fourth-order valence-corrected chi connectivity index (χ4v) is 6.76. The Kier molecular flexibility index (Phi) is 7.31. The number of ether oxygens (including phenoxy) is 2. The van der Waals surface area contributed by atoms with Crippen LogP contribution in [0.5, 0.6) is 0 Å². The van der Waals surface area contributed by atoms with E-state index in [4.69, 9.17) is 9.47 Å². The molecular formula is C21H38INO3. The molecule has 0 spiro atoms. The van der Waals surface area contributed by atoms with Crippen molar-refractivity contribution < 1.29 is 43.0 Å². The van der Waals surface area contributed by atoms with Crippen LogP contribution in [0.25, 0.3) is 0 Å². The molecule has 4 saturated carbocycles. The molecule has 5 aliphatic rings. The van der Waals surface area contributed by atoms with Gasteiger partial charge in [0.25, 0.3) is 0 Å². The lowest BCUT2D eigenvalue weighted by molar-refractivity contribution is -0.916. The number of hydrogen-bond acceptors (Lipinski definition) is 3. The van der Waals surface area contributed by atoms with Crippen LogP contribution in [0.15, 0.2) is 0 Å². The summed E-state index contributed by atoms with van der Waals surface area (Å²) in [4.78, 5) is 0. The Hall–Kier alpha value is 0.570. The lowest BCUT2D eigenvalue weighted by Crippen LogP contribution is -3.00. The van der Waals surface area contributed by atoms with Gasteiger partial charge in [-0.05, 0) is 75.5 Å². The lowest BCUT2D eigenvalue weighted by Gasteiger charge is -2.56. The van der Waals surface area contributed by atoms with Crippen LogP contribution in [0, 0.1) is 17.8 Å². The zero-order valence-corrected chi connectivity index (χ0v) is 18.7. The van der Waals surface area contributed by atoms with Gasteiger partial charge in [-0.25, -0.2) is 0 Å². The Labute approximate surface area is 176 Å². The molecule has 0 aromatic rings. The van der Waals surface area contributed by atoms with Crippen LogP contribution in [0.2, 0.25) is 0 Å². The van der Waals surface area contributed by atoms with Gasteiger partial charge in [-0.15, -0.1) is 0 Å². The van der Waals surface area contributed by atoms with Crippen LogP contribution in [-0.4, -0.2) is 67.8 Å². The molecule has 0 aromatic heterocycles. The maximum atomic E-state index is 10.3. The van der Waals surface area contributed by atoms with E-state index in [1.807, 2.05) is 0 Å². The number of likely N-dealkylation sites (tertiary alicyclic amines) is 1. The molecule has 0 radical (unpaired) electrons. The van der Waals surface area contributed by atoms with Crippen molar-refractivity contribution in [2.24, 2.45) is 17.8 Å². The van der Waals surface area contributed by atoms with Gasteiger partial charge >= 0.3 is 0 Å². The topological polar surface area (TPSA) is 38.7 Å². The highest BCUT2D eigenvalue weighted by Crippen LogP contribution is 2.57. The van der Waals surface area contributed by atoms with Gasteiger partial charge in [0.1, 0.15) is 12.6 Å². The first kappa shape index (κ1) is 21.3. The summed E-state index contributed by atoms with van der Waals surface area (Å²) < 4.78 is 13.2. The molecule has 1 N–H and O–H groups in total. The van der Waals surface area contributed by atoms with Crippen molar-refractivity contribution >= 4 is 0 Å². The number of aliphatic hydroxyl groups excluding tert-OH is 1. The standard InChI is InChI=1S/C21H38NO3.HI/c1-22(5-3-2-4-6-22)15-20(23)16-24-7-8-25-21-12-17-9-18(13-21)11-19(10-17)14-21;/h17-20,23H,2-16H2,1H3;1H/q+1;/p-1. The average Bonchev–Trinajstić information content (AvgIpc) is 2.53. The van der Waals surface area contributed by atoms with E-state index in [-0.39, 0.29) is 35.7 Å². The minimum absolute atomic E-state index is 0. The summed E-state index contributed by atoms with van der Waals surface area (Å²) in [7, 11) is 2.28. The maximum absolute atomic E-state index is 10.3. The molecule has 1 unspecified atom stereocenters. The summed E-state index contributed by atoms with van der Waals surface area (Å²) in [6.07, 6.45) is 11.8. The Bertz CT molecular complexity index is 417. The lowest BCUT2D eigenvalue weighted by atomic mass is 9.54. The quantitative estimate of drug-likeness (QED) is 0.302. The number of rotatable bonds is 8. The fraction of sp³-hybridized carbons (Fsp3) is 1.00. The highest BCUT2D eigenvalue weighted by Gasteiger charge is 2.51. The first-order valence-electron chi connectivity index (χ1n) is 10.8. The van der Waals surface area contributed by atoms with Crippen LogP contribution in [0.3, 0.4) is 0 Å². The molecule has 1 saturated heterocycles. The van der Waals surface area contributed by atoms with Crippen molar-refractivity contribution in [2.75, 3.05) is 46.5 Å². The molecule has 5 fully saturated rings. The predicted molar refractivity (Wildman–Crippen MR) is 98.3 cm³/mol. The zero-order valence-electron chi connectivity index (χ0n) is 16.5. The number of piperidine rings is 1. The minimum atomic E-state index is -0.345. The average molecular weight is 479 g/mol. The molecule has 1 heterocycles. The van der Waals surface area contributed by atoms with Crippen LogP contribution < -0.4 is 24.0 Å². The minimum Gasteiger partial charge on any atom is -1.00 e. The van der Waals surface area contributed by atoms with E-state index in [0.29, 0.717) is 19.8 Å². The molecule has 26 heavy (non-hydrogen) atoms. The third-order valence-electron chi connectivity index (χ3n) is 7.48. The molecule has 152 valence electrons. The molecule has 4 aliphatic carbocycles. The summed E-state index contributed by atoms with van der Waals surface area (Å²) in [5, 5.41) is 10.3. The second kappa shape index (κ2) is 8.93. The molecule has 1 atom stereocenters. The van der Waals surface area contributed by atoms with Crippen molar-refractivity contribution in [1.29, 1.82) is 0 Å². The Balaban J connectivity index is 0.00000196. The van der Waals surface area contributed by atoms with Crippen molar-refractivity contribution in [3.05, 3.63) is 0 Å². The zero-order chi connectivity index (χ0) is 17.3. The Morgan fingerprint density at radius 1 is 0.962 bits per heavy atom. The number of likely N-dealkylation sites (N-methyl/N-ethyl adjacent to an activating group) is 1. The molecule has 5 rings (SSSR count). The van der Waals surface area contributed by atoms with Gasteiger partial charge in [-0.2, -0.15) is 0 Å². The number of quaternary nitrogens is 1. The van der Waals surface area contributed by atoms with Crippen LogP contribution in [0.1, 0.15) is 57.8 Å². The van der Waals surface area contributed by atoms with E-state index >= 15 is 0 Å². The third-order valence-corrected chi connectivity index (χ3v) is 7.48. The van der Waals surface area contributed by atoms with Gasteiger partial charge < -0.3 is 43.0 Å². The Morgan fingerprint density at radius 2 is 1.54 bits per heavy atom. The second-order valence-corrected chi connectivity index (χ2v) is 9.99. The monoisotopic (exact) mass is 479 g/mol. The molecule has 4 nitrogen and oxygen atoms in total. The normalized spacial score (nSPS) is 38.8. The van der Waals surface area contributed by atoms with E-state index in [0.717, 1.165) is 28.8 Å². The van der Waals surface area contributed by atoms with Gasteiger partial charge in [0.15, 0.2) is 0 Å². The first-order valence-corrected chi connectivity index (χ1v) is 10.8. The van der Waals surface area contributed by atoms with Gasteiger partial charge in [0.05, 0.1) is 45.6 Å². The largest absolute Gasteiger partial charge is 1.00 e. The fourth-order valence-electron chi connectivity index (χ4n) is 6.76. The van der Waals surface area contributed by atoms with E-state index in [1.165, 1.54) is 70.9 Å². The SMILES string of the molecule is C[N+]1(CC(O)COCCOC23CC4CC(CC(C4)C2)C3)CCCCC1.[I-]. The smallest absolute Gasteiger partial charge is 0.126 e. The number of hydrogen-bond donors (Lipinski definition) is 1. The van der Waals surface area contributed by atoms with E-state index in [2.05, 4.69) is 7.05 Å². The highest BCUT2D eigenvalue weighted by atomic mass is 127. The summed E-state index contributed by atoms with van der Waals surface area (Å²) >= 11 is 0. The molecular weight excluding hydrogens is 441 g/mol. The van der Waals surface area contributed by atoms with Crippen LogP contribution in [0.4, 0.5) is 0 Å². The van der Waals surface area contributed by atoms with Gasteiger partial charge in [-0.3, -0.25) is 0 Å². The first-order chi connectivity index (χ1) is 12.0. The summed E-state index contributed by atoms with van der Waals surface area (Å²) in [6, 6.07) is 0. The highest BCUT2D eigenvalue weighted by molar-refractivity contribution is 5.03. The van der Waals surface area contributed by atoms with Gasteiger partial charge in [0, 0.05) is 0 Å². The van der Waals surface area contributed by atoms with Crippen molar-refractivity contribution in [1.82, 2.24) is 0 Å². The summed E-state index contributed by atoms with van der Waals surface area (Å²) in [5.74, 6) is 2.80. The second-order valence-electron chi connectivity index (χ2n) is 9.99. The molecule has 5 heteroatoms.